The molecule has 1 aliphatic rings. The highest BCUT2D eigenvalue weighted by atomic mass is 16.3. The molecule has 0 unspecified atom stereocenters. The number of anilines is 1. The van der Waals surface area contributed by atoms with E-state index in [2.05, 4.69) is 5.32 Å². The number of ketones is 1. The normalized spacial score (nSPS) is 17.2. The molecule has 1 fully saturated rings. The van der Waals surface area contributed by atoms with Gasteiger partial charge in [-0.3, -0.25) is 14.4 Å². The second-order valence-corrected chi connectivity index (χ2v) is 6.19. The van der Waals surface area contributed by atoms with Gasteiger partial charge in [0.1, 0.15) is 0 Å². The van der Waals surface area contributed by atoms with Crippen molar-refractivity contribution in [3.05, 3.63) is 54.0 Å². The van der Waals surface area contributed by atoms with Gasteiger partial charge in [0.2, 0.25) is 5.91 Å². The number of nitrogens with zero attached hydrogens (tertiary/aromatic N) is 1. The first kappa shape index (κ1) is 17.0. The fourth-order valence-corrected chi connectivity index (χ4v) is 2.99. The van der Waals surface area contributed by atoms with Crippen LogP contribution in [0.25, 0.3) is 0 Å². The van der Waals surface area contributed by atoms with Crippen molar-refractivity contribution in [2.75, 3.05) is 18.4 Å². The van der Waals surface area contributed by atoms with Gasteiger partial charge in [-0.15, -0.1) is 0 Å². The summed E-state index contributed by atoms with van der Waals surface area (Å²) < 4.78 is 5.15. The summed E-state index contributed by atoms with van der Waals surface area (Å²) in [5.41, 5.74) is 1.14. The lowest BCUT2D eigenvalue weighted by Crippen LogP contribution is -2.43. The lowest BCUT2D eigenvalue weighted by atomic mass is 9.96. The Kier molecular flexibility index (Phi) is 4.97. The molecule has 1 saturated heterocycles. The van der Waals surface area contributed by atoms with E-state index in [1.807, 2.05) is 0 Å². The van der Waals surface area contributed by atoms with E-state index in [0.717, 1.165) is 12.8 Å². The molecule has 1 aromatic carbocycles. The molecule has 0 bridgehead atoms. The van der Waals surface area contributed by atoms with Gasteiger partial charge in [-0.25, -0.2) is 0 Å². The molecule has 0 saturated carbocycles. The molecule has 3 rings (SSSR count). The smallest absolute Gasteiger partial charge is 0.289 e. The van der Waals surface area contributed by atoms with Gasteiger partial charge in [-0.05, 0) is 44.0 Å². The minimum absolute atomic E-state index is 0.0519. The molecule has 25 heavy (non-hydrogen) atoms. The Morgan fingerprint density at radius 3 is 2.76 bits per heavy atom. The van der Waals surface area contributed by atoms with Gasteiger partial charge in [-0.2, -0.15) is 0 Å². The molecule has 6 heteroatoms. The number of nitrogens with one attached hydrogen (secondary N) is 1. The van der Waals surface area contributed by atoms with Crippen LogP contribution in [-0.2, 0) is 4.79 Å². The molecule has 0 aliphatic carbocycles. The van der Waals surface area contributed by atoms with Gasteiger partial charge in [-0.1, -0.05) is 12.1 Å². The average molecular weight is 340 g/mol. The minimum Gasteiger partial charge on any atom is -0.459 e. The Morgan fingerprint density at radius 2 is 2.04 bits per heavy atom. The van der Waals surface area contributed by atoms with Crippen molar-refractivity contribution < 1.29 is 18.8 Å². The third kappa shape index (κ3) is 3.96. The lowest BCUT2D eigenvalue weighted by Gasteiger charge is -2.31. The number of hydrogen-bond donors (Lipinski definition) is 1. The van der Waals surface area contributed by atoms with Crippen LogP contribution < -0.4 is 5.32 Å². The predicted octanol–water partition coefficient (Wildman–Crippen LogP) is 2.97. The van der Waals surface area contributed by atoms with Crippen LogP contribution in [0.3, 0.4) is 0 Å². The molecule has 2 amide bonds. The van der Waals surface area contributed by atoms with Crippen molar-refractivity contribution in [2.45, 2.75) is 19.8 Å². The van der Waals surface area contributed by atoms with E-state index in [4.69, 9.17) is 4.42 Å². The number of rotatable bonds is 4. The van der Waals surface area contributed by atoms with Gasteiger partial charge in [0, 0.05) is 24.3 Å². The van der Waals surface area contributed by atoms with E-state index in [9.17, 15) is 14.4 Å². The van der Waals surface area contributed by atoms with Crippen molar-refractivity contribution in [3.63, 3.8) is 0 Å². The summed E-state index contributed by atoms with van der Waals surface area (Å²) >= 11 is 0. The SMILES string of the molecule is CC(=O)c1cccc(NC(=O)[C@@H]2CCCN(C(=O)c3ccco3)C2)c1. The van der Waals surface area contributed by atoms with E-state index < -0.39 is 0 Å². The summed E-state index contributed by atoms with van der Waals surface area (Å²) in [7, 11) is 0. The van der Waals surface area contributed by atoms with E-state index in [1.54, 1.807) is 41.3 Å². The first-order valence-corrected chi connectivity index (χ1v) is 8.29. The van der Waals surface area contributed by atoms with E-state index in [0.29, 0.717) is 24.3 Å². The van der Waals surface area contributed by atoms with Gasteiger partial charge in [0.05, 0.1) is 12.2 Å². The summed E-state index contributed by atoms with van der Waals surface area (Å²) in [5.74, 6) is -0.383. The van der Waals surface area contributed by atoms with Crippen molar-refractivity contribution in [3.8, 4) is 0 Å². The molecule has 6 nitrogen and oxygen atoms in total. The molecule has 2 aromatic rings. The summed E-state index contributed by atoms with van der Waals surface area (Å²) in [5, 5.41) is 2.85. The Morgan fingerprint density at radius 1 is 1.20 bits per heavy atom. The quantitative estimate of drug-likeness (QED) is 0.868. The zero-order valence-corrected chi connectivity index (χ0v) is 14.0. The standard InChI is InChI=1S/C19H20N2O4/c1-13(22)14-5-2-7-16(11-14)20-18(23)15-6-3-9-21(12-15)19(24)17-8-4-10-25-17/h2,4-5,7-8,10-11,15H,3,6,9,12H2,1H3,(H,20,23)/t15-/m1/s1. The number of amides is 2. The summed E-state index contributed by atoms with van der Waals surface area (Å²) in [6.45, 7) is 2.46. The van der Waals surface area contributed by atoms with Gasteiger partial charge < -0.3 is 14.6 Å². The maximum Gasteiger partial charge on any atom is 0.289 e. The lowest BCUT2D eigenvalue weighted by molar-refractivity contribution is -0.121. The number of piperidine rings is 1. The van der Waals surface area contributed by atoms with Gasteiger partial charge in [0.15, 0.2) is 11.5 Å². The molecular weight excluding hydrogens is 320 g/mol. The summed E-state index contributed by atoms with van der Waals surface area (Å²) in [6, 6.07) is 10.2. The zero-order chi connectivity index (χ0) is 17.8. The molecule has 0 spiro atoms. The highest BCUT2D eigenvalue weighted by molar-refractivity contribution is 5.98. The third-order valence-corrected chi connectivity index (χ3v) is 4.35. The molecule has 2 heterocycles. The van der Waals surface area contributed by atoms with E-state index in [1.165, 1.54) is 13.2 Å². The van der Waals surface area contributed by atoms with Crippen LogP contribution in [0.15, 0.2) is 47.1 Å². The predicted molar refractivity (Wildman–Crippen MR) is 92.4 cm³/mol. The molecule has 0 radical (unpaired) electrons. The van der Waals surface area contributed by atoms with E-state index >= 15 is 0 Å². The summed E-state index contributed by atoms with van der Waals surface area (Å²) in [6.07, 6.45) is 2.95. The topological polar surface area (TPSA) is 79.6 Å². The maximum atomic E-state index is 12.5. The minimum atomic E-state index is -0.284. The van der Waals surface area contributed by atoms with E-state index in [-0.39, 0.29) is 29.3 Å². The first-order chi connectivity index (χ1) is 12.0. The molecule has 130 valence electrons. The van der Waals surface area contributed by atoms with Crippen molar-refractivity contribution in [1.29, 1.82) is 0 Å². The Bertz CT molecular complexity index is 782. The summed E-state index contributed by atoms with van der Waals surface area (Å²) in [4.78, 5) is 38.0. The number of Topliss-reactive ketones (excluding diaryl/α,β-unsaturated/α-hetero) is 1. The highest BCUT2D eigenvalue weighted by Crippen LogP contribution is 2.21. The van der Waals surface area contributed by atoms with Gasteiger partial charge >= 0.3 is 0 Å². The van der Waals surface area contributed by atoms with Crippen molar-refractivity contribution in [2.24, 2.45) is 5.92 Å². The fraction of sp³-hybridized carbons (Fsp3) is 0.316. The fourth-order valence-electron chi connectivity index (χ4n) is 2.99. The van der Waals surface area contributed by atoms with Crippen LogP contribution in [0, 0.1) is 5.92 Å². The first-order valence-electron chi connectivity index (χ1n) is 8.29. The Hall–Kier alpha value is -2.89. The highest BCUT2D eigenvalue weighted by Gasteiger charge is 2.29. The zero-order valence-electron chi connectivity index (χ0n) is 14.0. The number of hydrogen-bond acceptors (Lipinski definition) is 4. The van der Waals surface area contributed by atoms with Crippen LogP contribution >= 0.6 is 0 Å². The molecule has 1 N–H and O–H groups in total. The third-order valence-electron chi connectivity index (χ3n) is 4.35. The molecule has 1 aromatic heterocycles. The van der Waals surface area contributed by atoms with Gasteiger partial charge in [0.25, 0.3) is 5.91 Å². The van der Waals surface area contributed by atoms with Crippen molar-refractivity contribution >= 4 is 23.3 Å². The number of furan rings is 1. The molecule has 1 atom stereocenters. The van der Waals surface area contributed by atoms with Crippen molar-refractivity contribution in [1.82, 2.24) is 4.90 Å². The number of benzene rings is 1. The van der Waals surface area contributed by atoms with Crippen LogP contribution in [-0.4, -0.2) is 35.6 Å². The van der Waals surface area contributed by atoms with Crippen LogP contribution in [0.2, 0.25) is 0 Å². The second kappa shape index (κ2) is 7.34. The maximum absolute atomic E-state index is 12.5. The monoisotopic (exact) mass is 340 g/mol. The number of carbonyl (C=O) groups excluding carboxylic acids is 3. The Labute approximate surface area is 145 Å². The van der Waals surface area contributed by atoms with Crippen LogP contribution in [0.4, 0.5) is 5.69 Å². The molecular formula is C19H20N2O4. The van der Waals surface area contributed by atoms with Crippen LogP contribution in [0.5, 0.6) is 0 Å². The second-order valence-electron chi connectivity index (χ2n) is 6.19. The Balaban J connectivity index is 1.65. The largest absolute Gasteiger partial charge is 0.459 e. The number of likely N-dealkylation sites (tertiary alicyclic amines) is 1. The molecule has 1 aliphatic heterocycles. The average Bonchev–Trinajstić information content (AvgIpc) is 3.16. The number of carbonyl (C=O) groups is 3. The van der Waals surface area contributed by atoms with Crippen LogP contribution in [0.1, 0.15) is 40.7 Å².